The van der Waals surface area contributed by atoms with Gasteiger partial charge in [-0.05, 0) is 23.3 Å². The van der Waals surface area contributed by atoms with Crippen molar-refractivity contribution in [2.45, 2.75) is 4.83 Å². The number of rotatable bonds is 4. The minimum absolute atomic E-state index is 0.0367. The molecule has 0 spiro atoms. The lowest BCUT2D eigenvalue weighted by molar-refractivity contribution is 0.354. The van der Waals surface area contributed by atoms with Gasteiger partial charge in [0, 0.05) is 15.6 Å². The maximum Gasteiger partial charge on any atom is 0.162 e. The normalized spacial score (nSPS) is 12.1. The second-order valence-electron chi connectivity index (χ2n) is 4.11. The molecular weight excluding hydrogens is 407 g/mol. The molecule has 0 aliphatic carbocycles. The quantitative estimate of drug-likeness (QED) is 0.599. The number of alkyl halides is 1. The summed E-state index contributed by atoms with van der Waals surface area (Å²) in [5.74, 6) is 1.27. The van der Waals surface area contributed by atoms with Crippen LogP contribution in [0.3, 0.4) is 0 Å². The molecule has 1 unspecified atom stereocenters. The Hall–Kier alpha value is -0.710. The number of ether oxygens (including phenoxy) is 2. The van der Waals surface area contributed by atoms with Crippen LogP contribution in [0.4, 0.5) is 0 Å². The van der Waals surface area contributed by atoms with Crippen molar-refractivity contribution in [3.05, 3.63) is 57.0 Å². The lowest BCUT2D eigenvalue weighted by Gasteiger charge is -2.17. The van der Waals surface area contributed by atoms with E-state index in [1.165, 1.54) is 0 Å². The van der Waals surface area contributed by atoms with E-state index in [4.69, 9.17) is 21.1 Å². The molecule has 2 rings (SSSR count). The molecule has 0 aliphatic heterocycles. The molecule has 0 saturated carbocycles. The van der Waals surface area contributed by atoms with Crippen molar-refractivity contribution in [1.82, 2.24) is 0 Å². The first-order chi connectivity index (χ1) is 9.58. The molecule has 106 valence electrons. The third-order valence-electron chi connectivity index (χ3n) is 2.95. The van der Waals surface area contributed by atoms with Crippen molar-refractivity contribution >= 4 is 43.5 Å². The fourth-order valence-electron chi connectivity index (χ4n) is 1.91. The second kappa shape index (κ2) is 6.83. The van der Waals surface area contributed by atoms with Crippen molar-refractivity contribution in [3.63, 3.8) is 0 Å². The van der Waals surface area contributed by atoms with Gasteiger partial charge in [0.25, 0.3) is 0 Å². The summed E-state index contributed by atoms with van der Waals surface area (Å²) in [6.07, 6.45) is 0. The number of methoxy groups -OCH3 is 2. The Morgan fingerprint density at radius 2 is 1.60 bits per heavy atom. The van der Waals surface area contributed by atoms with Crippen LogP contribution in [0, 0.1) is 0 Å². The summed E-state index contributed by atoms with van der Waals surface area (Å²) in [5, 5.41) is 0.625. The zero-order valence-electron chi connectivity index (χ0n) is 11.0. The Labute approximate surface area is 140 Å². The molecule has 0 fully saturated rings. The van der Waals surface area contributed by atoms with Crippen LogP contribution in [-0.4, -0.2) is 14.2 Å². The van der Waals surface area contributed by atoms with Crippen molar-refractivity contribution in [1.29, 1.82) is 0 Å². The summed E-state index contributed by atoms with van der Waals surface area (Å²) in [6.45, 7) is 0. The minimum Gasteiger partial charge on any atom is -0.493 e. The predicted octanol–water partition coefficient (Wildman–Crippen LogP) is 5.60. The molecule has 5 heteroatoms. The summed E-state index contributed by atoms with van der Waals surface area (Å²) in [4.78, 5) is -0.0367. The Kier molecular flexibility index (Phi) is 5.35. The fourth-order valence-corrected chi connectivity index (χ4v) is 3.91. The Morgan fingerprint density at radius 3 is 2.20 bits per heavy atom. The first kappa shape index (κ1) is 15.7. The van der Waals surface area contributed by atoms with Gasteiger partial charge in [0.2, 0.25) is 0 Å². The Morgan fingerprint density at radius 1 is 1.00 bits per heavy atom. The molecule has 2 aromatic carbocycles. The van der Waals surface area contributed by atoms with Crippen molar-refractivity contribution in [2.24, 2.45) is 0 Å². The summed E-state index contributed by atoms with van der Waals surface area (Å²) >= 11 is 13.6. The Balaban J connectivity index is 2.50. The fraction of sp³-hybridized carbons (Fsp3) is 0.200. The standard InChI is InChI=1S/C15H13Br2ClO2/c1-19-13-7-10(12(18)8-14(13)20-2)15(17)9-5-3-4-6-11(9)16/h3-8,15H,1-2H3. The summed E-state index contributed by atoms with van der Waals surface area (Å²) in [6, 6.07) is 11.7. The van der Waals surface area contributed by atoms with Crippen LogP contribution >= 0.6 is 43.5 Å². The van der Waals surface area contributed by atoms with Gasteiger partial charge in [-0.2, -0.15) is 0 Å². The van der Waals surface area contributed by atoms with Crippen LogP contribution in [0.25, 0.3) is 0 Å². The number of hydrogen-bond acceptors (Lipinski definition) is 2. The second-order valence-corrected chi connectivity index (χ2v) is 6.29. The predicted molar refractivity (Wildman–Crippen MR) is 89.5 cm³/mol. The van der Waals surface area contributed by atoms with E-state index in [-0.39, 0.29) is 4.83 Å². The van der Waals surface area contributed by atoms with E-state index in [0.717, 1.165) is 15.6 Å². The van der Waals surface area contributed by atoms with E-state index in [2.05, 4.69) is 31.9 Å². The minimum atomic E-state index is -0.0367. The van der Waals surface area contributed by atoms with Gasteiger partial charge in [0.05, 0.1) is 19.0 Å². The third kappa shape index (κ3) is 3.13. The van der Waals surface area contributed by atoms with E-state index in [0.29, 0.717) is 16.5 Å². The smallest absolute Gasteiger partial charge is 0.162 e. The third-order valence-corrected chi connectivity index (χ3v) is 4.99. The molecule has 0 aliphatic rings. The van der Waals surface area contributed by atoms with Gasteiger partial charge < -0.3 is 9.47 Å². The number of halogens is 3. The van der Waals surface area contributed by atoms with Gasteiger partial charge in [-0.15, -0.1) is 0 Å². The molecule has 2 aromatic rings. The molecule has 0 aromatic heterocycles. The van der Waals surface area contributed by atoms with Gasteiger partial charge in [-0.25, -0.2) is 0 Å². The van der Waals surface area contributed by atoms with E-state index in [1.807, 2.05) is 30.3 Å². The molecule has 0 saturated heterocycles. The molecule has 20 heavy (non-hydrogen) atoms. The average Bonchev–Trinajstić information content (AvgIpc) is 2.46. The van der Waals surface area contributed by atoms with Crippen molar-refractivity contribution < 1.29 is 9.47 Å². The van der Waals surface area contributed by atoms with Crippen LogP contribution in [0.15, 0.2) is 40.9 Å². The SMILES string of the molecule is COc1cc(Cl)c(C(Br)c2ccccc2Br)cc1OC. The monoisotopic (exact) mass is 418 g/mol. The average molecular weight is 421 g/mol. The maximum atomic E-state index is 6.35. The first-order valence-electron chi connectivity index (χ1n) is 5.88. The topological polar surface area (TPSA) is 18.5 Å². The highest BCUT2D eigenvalue weighted by atomic mass is 79.9. The number of hydrogen-bond donors (Lipinski definition) is 0. The van der Waals surface area contributed by atoms with Crippen LogP contribution in [-0.2, 0) is 0 Å². The molecule has 0 amide bonds. The molecule has 2 nitrogen and oxygen atoms in total. The largest absolute Gasteiger partial charge is 0.493 e. The highest BCUT2D eigenvalue weighted by molar-refractivity contribution is 9.11. The molecule has 1 atom stereocenters. The van der Waals surface area contributed by atoms with Crippen LogP contribution < -0.4 is 9.47 Å². The van der Waals surface area contributed by atoms with Gasteiger partial charge in [-0.3, -0.25) is 0 Å². The molecule has 0 bridgehead atoms. The lowest BCUT2D eigenvalue weighted by atomic mass is 10.0. The van der Waals surface area contributed by atoms with E-state index < -0.39 is 0 Å². The lowest BCUT2D eigenvalue weighted by Crippen LogP contribution is -1.98. The van der Waals surface area contributed by atoms with Gasteiger partial charge in [-0.1, -0.05) is 61.7 Å². The maximum absolute atomic E-state index is 6.35. The summed E-state index contributed by atoms with van der Waals surface area (Å²) in [7, 11) is 3.20. The summed E-state index contributed by atoms with van der Waals surface area (Å²) < 4.78 is 11.6. The molecule has 0 radical (unpaired) electrons. The van der Waals surface area contributed by atoms with Crippen LogP contribution in [0.1, 0.15) is 16.0 Å². The molecule has 0 heterocycles. The van der Waals surface area contributed by atoms with E-state index >= 15 is 0 Å². The molecule has 0 N–H and O–H groups in total. The van der Waals surface area contributed by atoms with E-state index in [1.54, 1.807) is 20.3 Å². The van der Waals surface area contributed by atoms with Crippen LogP contribution in [0.5, 0.6) is 11.5 Å². The van der Waals surface area contributed by atoms with Crippen LogP contribution in [0.2, 0.25) is 5.02 Å². The van der Waals surface area contributed by atoms with Gasteiger partial charge in [0.15, 0.2) is 11.5 Å². The van der Waals surface area contributed by atoms with Gasteiger partial charge in [0.1, 0.15) is 0 Å². The zero-order valence-corrected chi connectivity index (χ0v) is 14.9. The highest BCUT2D eigenvalue weighted by Crippen LogP contribution is 2.42. The van der Waals surface area contributed by atoms with Gasteiger partial charge >= 0.3 is 0 Å². The van der Waals surface area contributed by atoms with Crippen molar-refractivity contribution in [3.8, 4) is 11.5 Å². The first-order valence-corrected chi connectivity index (χ1v) is 7.97. The highest BCUT2D eigenvalue weighted by Gasteiger charge is 2.19. The van der Waals surface area contributed by atoms with E-state index in [9.17, 15) is 0 Å². The van der Waals surface area contributed by atoms with Crippen molar-refractivity contribution in [2.75, 3.05) is 14.2 Å². The number of benzene rings is 2. The zero-order chi connectivity index (χ0) is 14.7. The molecular formula is C15H13Br2ClO2. The summed E-state index contributed by atoms with van der Waals surface area (Å²) in [5.41, 5.74) is 2.03. The Bertz CT molecular complexity index is 617.